The number of alkyl halides is 1. The Morgan fingerprint density at radius 2 is 0.864 bits per heavy atom. The van der Waals surface area contributed by atoms with Crippen molar-refractivity contribution < 1.29 is 32.7 Å². The molecular formula is C69H91ClN2O7Si2. The second kappa shape index (κ2) is 32.5. The first-order valence-electron chi connectivity index (χ1n) is 29.5. The molecule has 9 nitrogen and oxygen atoms in total. The predicted molar refractivity (Wildman–Crippen MR) is 340 cm³/mol. The fourth-order valence-corrected chi connectivity index (χ4v) is 20.7. The van der Waals surface area contributed by atoms with E-state index in [1.54, 1.807) is 0 Å². The minimum atomic E-state index is -2.60. The number of hydrogen-bond donors (Lipinski definition) is 0. The number of benzene rings is 6. The normalized spacial score (nSPS) is 13.4. The number of ether oxygens (including phenoxy) is 2. The van der Waals surface area contributed by atoms with E-state index in [9.17, 15) is 14.4 Å². The number of ketones is 2. The molecule has 1 aliphatic carbocycles. The third kappa shape index (κ3) is 17.8. The van der Waals surface area contributed by atoms with E-state index in [4.69, 9.17) is 29.9 Å². The number of halogens is 1. The Bertz CT molecular complexity index is 2670. The summed E-state index contributed by atoms with van der Waals surface area (Å²) in [4.78, 5) is 41.3. The Balaban J connectivity index is 0.000000258. The smallest absolute Gasteiger partial charge is 0.320 e. The van der Waals surface area contributed by atoms with Crippen LogP contribution < -0.4 is 20.7 Å². The van der Waals surface area contributed by atoms with Crippen molar-refractivity contribution in [2.75, 3.05) is 71.8 Å². The molecule has 1 heterocycles. The lowest BCUT2D eigenvalue weighted by molar-refractivity contribution is -0.145. The lowest BCUT2D eigenvalue weighted by Crippen LogP contribution is -2.66. The first-order chi connectivity index (χ1) is 39.1. The van der Waals surface area contributed by atoms with Crippen LogP contribution in [0.5, 0.6) is 0 Å². The number of unbranched alkanes of at least 4 members (excludes halogenated alkanes) is 2. The summed E-state index contributed by atoms with van der Waals surface area (Å²) in [5.41, 5.74) is 4.79. The van der Waals surface area contributed by atoms with Gasteiger partial charge in [-0.3, -0.25) is 24.2 Å². The zero-order chi connectivity index (χ0) is 58.1. The zero-order valence-electron chi connectivity index (χ0n) is 49.8. The van der Waals surface area contributed by atoms with Crippen LogP contribution >= 0.6 is 11.6 Å². The highest BCUT2D eigenvalue weighted by Gasteiger charge is 2.51. The molecule has 12 heteroatoms. The van der Waals surface area contributed by atoms with Crippen LogP contribution in [-0.4, -0.2) is 116 Å². The first-order valence-corrected chi connectivity index (χ1v) is 33.9. The maximum atomic E-state index is 13.2. The van der Waals surface area contributed by atoms with Gasteiger partial charge in [0.05, 0.1) is 25.6 Å². The molecule has 6 aromatic carbocycles. The van der Waals surface area contributed by atoms with Gasteiger partial charge in [0, 0.05) is 45.2 Å². The monoisotopic (exact) mass is 1150 g/mol. The predicted octanol–water partition coefficient (Wildman–Crippen LogP) is 12.6. The van der Waals surface area contributed by atoms with Crippen LogP contribution in [-0.2, 0) is 32.7 Å². The molecule has 0 bridgehead atoms. The molecule has 0 saturated carbocycles. The summed E-state index contributed by atoms with van der Waals surface area (Å²) < 4.78 is 24.8. The van der Waals surface area contributed by atoms with Crippen LogP contribution in [0.3, 0.4) is 0 Å². The molecule has 0 atom stereocenters. The molecule has 6 aromatic rings. The van der Waals surface area contributed by atoms with E-state index in [-0.39, 0.29) is 53.2 Å². The number of Topliss-reactive ketones (excluding diaryl/α,β-unsaturated/α-hetero) is 2. The highest BCUT2D eigenvalue weighted by atomic mass is 35.5. The number of esters is 1. The minimum Gasteiger partial charge on any atom is -0.464 e. The van der Waals surface area contributed by atoms with Gasteiger partial charge < -0.3 is 18.3 Å². The Morgan fingerprint density at radius 3 is 1.21 bits per heavy atom. The Kier molecular flexibility index (Phi) is 26.0. The molecule has 0 N–H and O–H groups in total. The SMILES string of the molecule is C1CCOC1.CCC(=O)CN(CCCCO[Si](c1ccccc1)(c1ccccc1)C(C)(C)C)CC(=O)OCC1c2ccccc2-c2ccccc21.CCC(=O)CN(CCl)CCCCO[Si](c1ccccc1)(c1ccccc1)C(C)(C)C. The average Bonchev–Trinajstić information content (AvgIpc) is 4.04. The minimum absolute atomic E-state index is 0.00851. The molecule has 1 fully saturated rings. The zero-order valence-corrected chi connectivity index (χ0v) is 52.6. The van der Waals surface area contributed by atoms with Crippen LogP contribution in [0.4, 0.5) is 0 Å². The summed E-state index contributed by atoms with van der Waals surface area (Å²) in [6.07, 6.45) is 7.10. The van der Waals surface area contributed by atoms with E-state index in [0.29, 0.717) is 45.1 Å². The fraction of sp³-hybridized carbons (Fsp3) is 0.435. The van der Waals surface area contributed by atoms with Gasteiger partial charge in [-0.2, -0.15) is 0 Å². The largest absolute Gasteiger partial charge is 0.464 e. The Labute approximate surface area is 493 Å². The number of rotatable bonds is 27. The number of carbonyl (C=O) groups excluding carboxylic acids is 3. The molecule has 0 aromatic heterocycles. The molecule has 0 spiro atoms. The van der Waals surface area contributed by atoms with Crippen molar-refractivity contribution in [1.82, 2.24) is 9.80 Å². The van der Waals surface area contributed by atoms with Crippen LogP contribution in [0.25, 0.3) is 11.1 Å². The summed E-state index contributed by atoms with van der Waals surface area (Å²) in [5, 5.41) is 5.04. The van der Waals surface area contributed by atoms with Crippen molar-refractivity contribution >= 4 is 66.5 Å². The third-order valence-electron chi connectivity index (χ3n) is 15.5. The van der Waals surface area contributed by atoms with Crippen molar-refractivity contribution in [3.05, 3.63) is 181 Å². The van der Waals surface area contributed by atoms with Gasteiger partial charge in [-0.05, 0) is 105 Å². The van der Waals surface area contributed by atoms with Gasteiger partial charge in [0.15, 0.2) is 0 Å². The first kappa shape index (κ1) is 64.8. The van der Waals surface area contributed by atoms with Gasteiger partial charge in [0.2, 0.25) is 0 Å². The Morgan fingerprint density at radius 1 is 0.506 bits per heavy atom. The summed E-state index contributed by atoms with van der Waals surface area (Å²) >= 11 is 6.02. The molecule has 0 amide bonds. The highest BCUT2D eigenvalue weighted by Crippen LogP contribution is 2.45. The standard InChI is InChI=1S/C40H47NO4Si.C25H36ClNO2Si.C4H8O/c1-5-31(42)28-41(29-39(43)44-30-38-36-24-14-12-22-34(36)35-23-13-15-25-37(35)38)26-16-17-27-45-46(40(2,3)4,32-18-8-6-9-19-32)33-20-10-7-11-21-33;1-5-22(28)20-27(21-26)18-12-13-19-29-30(25(2,3)4,23-14-8-6-9-15-23)24-16-10-7-11-17-24;1-2-4-5-3-1/h6-15,18-25,38H,5,16-17,26-30H2,1-4H3;6-11,14-17H,5,12-13,18-21H2,1-4H3;1-4H2. The van der Waals surface area contributed by atoms with Gasteiger partial charge in [0.1, 0.15) is 18.2 Å². The van der Waals surface area contributed by atoms with Gasteiger partial charge >= 0.3 is 5.97 Å². The van der Waals surface area contributed by atoms with E-state index >= 15 is 0 Å². The van der Waals surface area contributed by atoms with Crippen molar-refractivity contribution in [2.24, 2.45) is 0 Å². The van der Waals surface area contributed by atoms with Crippen molar-refractivity contribution in [1.29, 1.82) is 0 Å². The molecule has 0 radical (unpaired) electrons. The number of carbonyl (C=O) groups is 3. The van der Waals surface area contributed by atoms with E-state index < -0.39 is 16.6 Å². The maximum Gasteiger partial charge on any atom is 0.320 e. The van der Waals surface area contributed by atoms with Crippen LogP contribution in [0, 0.1) is 0 Å². The molecule has 1 aliphatic heterocycles. The molecule has 8 rings (SSSR count). The lowest BCUT2D eigenvalue weighted by Gasteiger charge is -2.43. The molecule has 2 aliphatic rings. The molecular weight excluding hydrogens is 1060 g/mol. The van der Waals surface area contributed by atoms with Crippen LogP contribution in [0.2, 0.25) is 10.1 Å². The van der Waals surface area contributed by atoms with E-state index in [1.165, 1.54) is 55.8 Å². The average molecular weight is 1150 g/mol. The van der Waals surface area contributed by atoms with Crippen LogP contribution in [0.15, 0.2) is 170 Å². The van der Waals surface area contributed by atoms with Gasteiger partial charge in [-0.1, -0.05) is 225 Å². The lowest BCUT2D eigenvalue weighted by atomic mass is 9.98. The van der Waals surface area contributed by atoms with E-state index in [0.717, 1.165) is 45.4 Å². The quantitative estimate of drug-likeness (QED) is 0.0164. The fourth-order valence-electron chi connectivity index (χ4n) is 11.3. The van der Waals surface area contributed by atoms with Gasteiger partial charge in [0.25, 0.3) is 16.6 Å². The van der Waals surface area contributed by atoms with Crippen molar-refractivity contribution in [3.63, 3.8) is 0 Å². The van der Waals surface area contributed by atoms with E-state index in [2.05, 4.69) is 187 Å². The third-order valence-corrected chi connectivity index (χ3v) is 25.9. The van der Waals surface area contributed by atoms with Gasteiger partial charge in [-0.25, -0.2) is 0 Å². The van der Waals surface area contributed by atoms with Gasteiger partial charge in [-0.15, -0.1) is 11.6 Å². The molecule has 434 valence electrons. The van der Waals surface area contributed by atoms with Crippen LogP contribution in [0.1, 0.15) is 124 Å². The summed E-state index contributed by atoms with van der Waals surface area (Å²) in [5.74, 6) is 0.0734. The number of fused-ring (bicyclic) bond motifs is 3. The van der Waals surface area contributed by atoms with Crippen molar-refractivity contribution in [3.8, 4) is 11.1 Å². The summed E-state index contributed by atoms with van der Waals surface area (Å²) in [6, 6.07) is 59.8. The topological polar surface area (TPSA) is 94.6 Å². The summed E-state index contributed by atoms with van der Waals surface area (Å²) in [6.45, 7) is 23.3. The summed E-state index contributed by atoms with van der Waals surface area (Å²) in [7, 11) is -5.06. The molecule has 1 saturated heterocycles. The van der Waals surface area contributed by atoms with E-state index in [1.807, 2.05) is 47.9 Å². The number of nitrogens with zero attached hydrogens (tertiary/aromatic N) is 2. The highest BCUT2D eigenvalue weighted by molar-refractivity contribution is 7.00. The molecule has 0 unspecified atom stereocenters. The molecule has 81 heavy (non-hydrogen) atoms. The Hall–Kier alpha value is -5.35. The van der Waals surface area contributed by atoms with Crippen molar-refractivity contribution in [2.45, 2.75) is 123 Å². The number of hydrogen-bond acceptors (Lipinski definition) is 9. The second-order valence-corrected chi connectivity index (χ2v) is 32.2. The second-order valence-electron chi connectivity index (χ2n) is 23.3. The maximum absolute atomic E-state index is 13.2.